The average molecular weight is 320 g/mol. The van der Waals surface area contributed by atoms with E-state index in [1.54, 1.807) is 0 Å². The number of rotatable bonds is 0. The Hall–Kier alpha value is -0.380. The third kappa shape index (κ3) is 1.99. The van der Waals surface area contributed by atoms with Gasteiger partial charge in [0, 0.05) is 11.3 Å². The summed E-state index contributed by atoms with van der Waals surface area (Å²) in [5.74, 6) is 1.46. The molecule has 4 aliphatic rings. The molecule has 0 amide bonds. The van der Waals surface area contributed by atoms with Crippen LogP contribution in [0, 0.1) is 34.5 Å². The number of fused-ring (bicyclic) bond motifs is 5. The zero-order valence-corrected chi connectivity index (χ0v) is 14.7. The summed E-state index contributed by atoms with van der Waals surface area (Å²) in [4.78, 5) is 0. The van der Waals surface area contributed by atoms with Crippen LogP contribution in [0.5, 0.6) is 0 Å². The van der Waals surface area contributed by atoms with Crippen molar-refractivity contribution < 1.29 is 15.3 Å². The molecular formula is C20H32O3. The Balaban J connectivity index is 1.79. The molecule has 9 atom stereocenters. The second-order valence-electron chi connectivity index (χ2n) is 9.39. The van der Waals surface area contributed by atoms with Gasteiger partial charge in [-0.05, 0) is 61.7 Å². The molecule has 0 bridgehead atoms. The molecule has 130 valence electrons. The fourth-order valence-corrected chi connectivity index (χ4v) is 6.77. The van der Waals surface area contributed by atoms with Crippen LogP contribution < -0.4 is 0 Å². The Labute approximate surface area is 139 Å². The Bertz CT molecular complexity index is 529. The minimum absolute atomic E-state index is 0.0528. The monoisotopic (exact) mass is 320 g/mol. The number of aliphatic hydroxyl groups excluding tert-OH is 3. The van der Waals surface area contributed by atoms with Gasteiger partial charge in [-0.15, -0.1) is 0 Å². The van der Waals surface area contributed by atoms with E-state index in [4.69, 9.17) is 0 Å². The lowest BCUT2D eigenvalue weighted by atomic mass is 9.47. The van der Waals surface area contributed by atoms with Crippen LogP contribution in [0.3, 0.4) is 0 Å². The summed E-state index contributed by atoms with van der Waals surface area (Å²) in [5.41, 5.74) is 1.28. The number of hydrogen-bond donors (Lipinski definition) is 3. The topological polar surface area (TPSA) is 60.7 Å². The minimum Gasteiger partial charge on any atom is -0.393 e. The molecule has 0 saturated heterocycles. The van der Waals surface area contributed by atoms with Crippen molar-refractivity contribution in [1.29, 1.82) is 0 Å². The molecule has 0 aromatic rings. The van der Waals surface area contributed by atoms with E-state index in [2.05, 4.69) is 26.8 Å². The predicted molar refractivity (Wildman–Crippen MR) is 89.7 cm³/mol. The highest BCUT2D eigenvalue weighted by atomic mass is 16.3. The fourth-order valence-electron chi connectivity index (χ4n) is 6.77. The second-order valence-corrected chi connectivity index (χ2v) is 9.39. The van der Waals surface area contributed by atoms with Crippen molar-refractivity contribution in [1.82, 2.24) is 0 Å². The summed E-state index contributed by atoms with van der Waals surface area (Å²) in [5, 5.41) is 32.0. The van der Waals surface area contributed by atoms with Gasteiger partial charge in [0.05, 0.1) is 18.3 Å². The first-order chi connectivity index (χ1) is 10.8. The zero-order valence-electron chi connectivity index (χ0n) is 14.7. The third-order valence-corrected chi connectivity index (χ3v) is 8.59. The lowest BCUT2D eigenvalue weighted by Gasteiger charge is -2.59. The normalized spacial score (nSPS) is 58.9. The van der Waals surface area contributed by atoms with Gasteiger partial charge in [-0.25, -0.2) is 0 Å². The van der Waals surface area contributed by atoms with Crippen LogP contribution >= 0.6 is 0 Å². The molecular weight excluding hydrogens is 288 g/mol. The van der Waals surface area contributed by atoms with Gasteiger partial charge in [0.15, 0.2) is 0 Å². The van der Waals surface area contributed by atoms with Crippen LogP contribution in [0.2, 0.25) is 0 Å². The van der Waals surface area contributed by atoms with Crippen molar-refractivity contribution in [3.63, 3.8) is 0 Å². The molecule has 0 heterocycles. The van der Waals surface area contributed by atoms with E-state index in [0.717, 1.165) is 38.5 Å². The van der Waals surface area contributed by atoms with Gasteiger partial charge >= 0.3 is 0 Å². The highest BCUT2D eigenvalue weighted by Gasteiger charge is 2.61. The first kappa shape index (κ1) is 16.1. The van der Waals surface area contributed by atoms with Gasteiger partial charge in [-0.1, -0.05) is 32.4 Å². The third-order valence-electron chi connectivity index (χ3n) is 8.59. The van der Waals surface area contributed by atoms with Crippen LogP contribution in [-0.4, -0.2) is 33.6 Å². The molecule has 3 nitrogen and oxygen atoms in total. The van der Waals surface area contributed by atoms with E-state index in [0.29, 0.717) is 17.8 Å². The van der Waals surface area contributed by atoms with Gasteiger partial charge in [-0.3, -0.25) is 0 Å². The molecule has 0 unspecified atom stereocenters. The molecule has 3 heteroatoms. The fraction of sp³-hybridized carbons (Fsp3) is 0.900. The molecule has 3 fully saturated rings. The van der Waals surface area contributed by atoms with Gasteiger partial charge in [0.2, 0.25) is 0 Å². The van der Waals surface area contributed by atoms with Crippen molar-refractivity contribution in [2.75, 3.05) is 0 Å². The molecule has 3 N–H and O–H groups in total. The Morgan fingerprint density at radius 2 is 1.78 bits per heavy atom. The van der Waals surface area contributed by atoms with Crippen molar-refractivity contribution >= 4 is 0 Å². The summed E-state index contributed by atoms with van der Waals surface area (Å²) >= 11 is 0. The molecule has 0 spiro atoms. The molecule has 4 rings (SSSR count). The van der Waals surface area contributed by atoms with Crippen LogP contribution in [0.25, 0.3) is 0 Å². The van der Waals surface area contributed by atoms with E-state index < -0.39 is 6.10 Å². The van der Waals surface area contributed by atoms with Gasteiger partial charge in [0.25, 0.3) is 0 Å². The van der Waals surface area contributed by atoms with Gasteiger partial charge in [0.1, 0.15) is 0 Å². The van der Waals surface area contributed by atoms with Crippen LogP contribution in [0.15, 0.2) is 11.6 Å². The van der Waals surface area contributed by atoms with Gasteiger partial charge < -0.3 is 15.3 Å². The smallest absolute Gasteiger partial charge is 0.0782 e. The van der Waals surface area contributed by atoms with E-state index in [9.17, 15) is 15.3 Å². The van der Waals surface area contributed by atoms with E-state index in [1.165, 1.54) is 5.57 Å². The zero-order chi connectivity index (χ0) is 16.6. The maximum absolute atomic E-state index is 11.0. The lowest BCUT2D eigenvalue weighted by Crippen LogP contribution is -2.56. The highest BCUT2D eigenvalue weighted by Crippen LogP contribution is 2.65. The van der Waals surface area contributed by atoms with E-state index in [-0.39, 0.29) is 29.0 Å². The quantitative estimate of drug-likeness (QED) is 0.602. The largest absolute Gasteiger partial charge is 0.393 e. The lowest BCUT2D eigenvalue weighted by molar-refractivity contribution is -0.0944. The van der Waals surface area contributed by atoms with Crippen LogP contribution in [-0.2, 0) is 0 Å². The number of hydrogen-bond acceptors (Lipinski definition) is 3. The van der Waals surface area contributed by atoms with E-state index in [1.807, 2.05) is 0 Å². The molecule has 0 aromatic heterocycles. The maximum atomic E-state index is 11.0. The Morgan fingerprint density at radius 1 is 1.04 bits per heavy atom. The Kier molecular flexibility index (Phi) is 3.54. The highest BCUT2D eigenvalue weighted by molar-refractivity contribution is 5.32. The first-order valence-electron chi connectivity index (χ1n) is 9.55. The number of aliphatic hydroxyl groups is 3. The van der Waals surface area contributed by atoms with Crippen molar-refractivity contribution in [2.24, 2.45) is 34.5 Å². The van der Waals surface area contributed by atoms with Crippen molar-refractivity contribution in [2.45, 2.75) is 77.6 Å². The molecule has 0 aromatic carbocycles. The summed E-state index contributed by atoms with van der Waals surface area (Å²) in [6, 6.07) is 0. The maximum Gasteiger partial charge on any atom is 0.0782 e. The molecule has 0 aliphatic heterocycles. The first-order valence-corrected chi connectivity index (χ1v) is 9.55. The summed E-state index contributed by atoms with van der Waals surface area (Å²) in [7, 11) is 0. The standard InChI is InChI=1S/C20H32O3/c1-11-4-5-14-18-15(10-17(23)20(11,14)3)19(2)7-6-13(21)8-12(19)9-16(18)22/h10-14,16-18,21-23H,4-9H2,1-3H3/t11-,12-,13+,14-,16+,17-,18-,19-,20+/m0/s1. The summed E-state index contributed by atoms with van der Waals surface area (Å²) < 4.78 is 0. The minimum atomic E-state index is -0.397. The molecule has 23 heavy (non-hydrogen) atoms. The SMILES string of the molecule is C[C@H]1CC[C@H]2[C@H]3C(=C[C@H](O)[C@]12C)[C@@]1(C)CC[C@@H](O)C[C@H]1C[C@H]3O. The predicted octanol–water partition coefficient (Wildman–Crippen LogP) is 2.89. The van der Waals surface area contributed by atoms with Gasteiger partial charge in [-0.2, -0.15) is 0 Å². The average Bonchev–Trinajstić information content (AvgIpc) is 2.80. The summed E-state index contributed by atoms with van der Waals surface area (Å²) in [6.45, 7) is 6.82. The van der Waals surface area contributed by atoms with Crippen LogP contribution in [0.4, 0.5) is 0 Å². The van der Waals surface area contributed by atoms with Crippen LogP contribution in [0.1, 0.15) is 59.3 Å². The Morgan fingerprint density at radius 3 is 2.52 bits per heavy atom. The molecule has 4 aliphatic carbocycles. The molecule has 0 radical (unpaired) electrons. The second kappa shape index (κ2) is 5.06. The van der Waals surface area contributed by atoms with Crippen molar-refractivity contribution in [3.8, 4) is 0 Å². The van der Waals surface area contributed by atoms with E-state index >= 15 is 0 Å². The van der Waals surface area contributed by atoms with Crippen molar-refractivity contribution in [3.05, 3.63) is 11.6 Å². The molecule has 3 saturated carbocycles. The summed E-state index contributed by atoms with van der Waals surface area (Å²) in [6.07, 6.45) is 6.91.